The molecule has 0 spiro atoms. The zero-order valence-corrected chi connectivity index (χ0v) is 12.2. The number of hydrogen-bond acceptors (Lipinski definition) is 5. The Morgan fingerprint density at radius 2 is 2.37 bits per heavy atom. The van der Waals surface area contributed by atoms with Gasteiger partial charge in [0, 0.05) is 0 Å². The summed E-state index contributed by atoms with van der Waals surface area (Å²) in [6.07, 6.45) is -0.745. The first kappa shape index (κ1) is 13.9. The van der Waals surface area contributed by atoms with Gasteiger partial charge in [-0.15, -0.1) is 10.2 Å². The maximum absolute atomic E-state index is 12.9. The van der Waals surface area contributed by atoms with E-state index in [2.05, 4.69) is 31.4 Å². The van der Waals surface area contributed by atoms with Gasteiger partial charge in [-0.2, -0.15) is 0 Å². The van der Waals surface area contributed by atoms with Crippen molar-refractivity contribution in [1.82, 2.24) is 10.2 Å². The summed E-state index contributed by atoms with van der Waals surface area (Å²) in [4.78, 5) is 11.8. The Morgan fingerprint density at radius 1 is 1.58 bits per heavy atom. The van der Waals surface area contributed by atoms with Crippen molar-refractivity contribution in [2.75, 3.05) is 5.32 Å². The van der Waals surface area contributed by atoms with E-state index >= 15 is 0 Å². The van der Waals surface area contributed by atoms with Gasteiger partial charge in [0.05, 0.1) is 4.47 Å². The highest BCUT2D eigenvalue weighted by Gasteiger charge is 2.17. The molecule has 0 saturated carbocycles. The predicted octanol–water partition coefficient (Wildman–Crippen LogP) is 2.85. The number of ether oxygens (including phenoxy) is 1. The topological polar surface area (TPSA) is 64.1 Å². The van der Waals surface area contributed by atoms with Crippen LogP contribution in [0.2, 0.25) is 0 Å². The van der Waals surface area contributed by atoms with E-state index in [0.29, 0.717) is 15.4 Å². The fourth-order valence-corrected chi connectivity index (χ4v) is 2.14. The summed E-state index contributed by atoms with van der Waals surface area (Å²) in [5, 5.41) is 10.3. The Kier molecular flexibility index (Phi) is 4.43. The quantitative estimate of drug-likeness (QED) is 0.925. The van der Waals surface area contributed by atoms with Crippen LogP contribution in [0.4, 0.5) is 9.52 Å². The number of amides is 1. The van der Waals surface area contributed by atoms with Gasteiger partial charge in [0.1, 0.15) is 17.1 Å². The number of nitrogens with zero attached hydrogens (tertiary/aromatic N) is 2. The van der Waals surface area contributed by atoms with Crippen molar-refractivity contribution in [3.63, 3.8) is 0 Å². The molecule has 1 atom stereocenters. The van der Waals surface area contributed by atoms with Crippen LogP contribution in [0, 0.1) is 5.82 Å². The third kappa shape index (κ3) is 3.71. The van der Waals surface area contributed by atoms with Gasteiger partial charge in [0.25, 0.3) is 5.91 Å². The maximum Gasteiger partial charge on any atom is 0.266 e. The first-order valence-corrected chi connectivity index (χ1v) is 6.92. The molecule has 1 amide bonds. The summed E-state index contributed by atoms with van der Waals surface area (Å²) >= 11 is 4.38. The molecule has 0 aliphatic carbocycles. The van der Waals surface area contributed by atoms with Crippen LogP contribution >= 0.6 is 27.3 Å². The summed E-state index contributed by atoms with van der Waals surface area (Å²) in [5.74, 6) is -0.348. The molecule has 2 rings (SSSR count). The molecule has 2 aromatic rings. The molecule has 100 valence electrons. The van der Waals surface area contributed by atoms with E-state index in [0.717, 1.165) is 0 Å². The van der Waals surface area contributed by atoms with Crippen LogP contribution in [-0.4, -0.2) is 22.2 Å². The van der Waals surface area contributed by atoms with Gasteiger partial charge < -0.3 is 4.74 Å². The molecule has 1 aromatic heterocycles. The van der Waals surface area contributed by atoms with E-state index in [4.69, 9.17) is 4.74 Å². The van der Waals surface area contributed by atoms with Crippen molar-refractivity contribution < 1.29 is 13.9 Å². The summed E-state index contributed by atoms with van der Waals surface area (Å²) in [7, 11) is 0. The molecule has 0 bridgehead atoms. The molecule has 1 N–H and O–H groups in total. The highest BCUT2D eigenvalue weighted by atomic mass is 79.9. The molecule has 0 saturated heterocycles. The third-order valence-electron chi connectivity index (χ3n) is 2.16. The fraction of sp³-hybridized carbons (Fsp3) is 0.182. The Labute approximate surface area is 120 Å². The predicted molar refractivity (Wildman–Crippen MR) is 72.7 cm³/mol. The lowest BCUT2D eigenvalue weighted by atomic mass is 10.3. The SMILES string of the molecule is C[C@@H](Oc1ccc(F)cc1Br)C(=O)Nc1nncs1. The molecule has 19 heavy (non-hydrogen) atoms. The number of aromatic nitrogens is 2. The summed E-state index contributed by atoms with van der Waals surface area (Å²) in [5.41, 5.74) is 1.51. The zero-order chi connectivity index (χ0) is 13.8. The van der Waals surface area contributed by atoms with Gasteiger partial charge in [-0.3, -0.25) is 10.1 Å². The smallest absolute Gasteiger partial charge is 0.266 e. The lowest BCUT2D eigenvalue weighted by Crippen LogP contribution is -2.30. The van der Waals surface area contributed by atoms with Crippen LogP contribution in [0.15, 0.2) is 28.2 Å². The van der Waals surface area contributed by atoms with Crippen LogP contribution in [0.5, 0.6) is 5.75 Å². The average Bonchev–Trinajstić information content (AvgIpc) is 2.85. The Bertz CT molecular complexity index is 579. The van der Waals surface area contributed by atoms with Gasteiger partial charge in [0.2, 0.25) is 5.13 Å². The first-order chi connectivity index (χ1) is 9.06. The second-order valence-corrected chi connectivity index (χ2v) is 5.26. The number of halogens is 2. The molecule has 0 aliphatic heterocycles. The lowest BCUT2D eigenvalue weighted by molar-refractivity contribution is -0.122. The molecule has 8 heteroatoms. The molecular weight excluding hydrogens is 337 g/mol. The normalized spacial score (nSPS) is 11.9. The summed E-state index contributed by atoms with van der Waals surface area (Å²) in [6.45, 7) is 1.59. The Balaban J connectivity index is 2.00. The molecule has 5 nitrogen and oxygen atoms in total. The van der Waals surface area contributed by atoms with Crippen molar-refractivity contribution in [1.29, 1.82) is 0 Å². The van der Waals surface area contributed by atoms with Crippen LogP contribution in [0.3, 0.4) is 0 Å². The van der Waals surface area contributed by atoms with Crippen LogP contribution < -0.4 is 10.1 Å². The summed E-state index contributed by atoms with van der Waals surface area (Å²) in [6, 6.07) is 3.98. The largest absolute Gasteiger partial charge is 0.480 e. The number of benzene rings is 1. The van der Waals surface area contributed by atoms with Crippen molar-refractivity contribution in [2.24, 2.45) is 0 Å². The number of hydrogen-bond donors (Lipinski definition) is 1. The second kappa shape index (κ2) is 6.07. The molecule has 0 unspecified atom stereocenters. The van der Waals surface area contributed by atoms with E-state index in [1.807, 2.05) is 0 Å². The molecular formula is C11H9BrFN3O2S. The second-order valence-electron chi connectivity index (χ2n) is 3.57. The number of carbonyl (C=O) groups excluding carboxylic acids is 1. The van der Waals surface area contributed by atoms with Crippen molar-refractivity contribution >= 4 is 38.3 Å². The van der Waals surface area contributed by atoms with Crippen molar-refractivity contribution in [3.8, 4) is 5.75 Å². The average molecular weight is 346 g/mol. The molecule has 1 aromatic carbocycles. The van der Waals surface area contributed by atoms with Gasteiger partial charge in [0.15, 0.2) is 6.10 Å². The van der Waals surface area contributed by atoms with Crippen molar-refractivity contribution in [2.45, 2.75) is 13.0 Å². The highest BCUT2D eigenvalue weighted by Crippen LogP contribution is 2.26. The standard InChI is InChI=1S/C11H9BrFN3O2S/c1-6(10(17)15-11-16-14-5-19-11)18-9-3-2-7(13)4-8(9)12/h2-6H,1H3,(H,15,16,17)/t6-/m1/s1. The monoisotopic (exact) mass is 345 g/mol. The van der Waals surface area contributed by atoms with E-state index in [9.17, 15) is 9.18 Å². The van der Waals surface area contributed by atoms with Crippen LogP contribution in [0.25, 0.3) is 0 Å². The molecule has 0 aliphatic rings. The number of anilines is 1. The third-order valence-corrected chi connectivity index (χ3v) is 3.38. The summed E-state index contributed by atoms with van der Waals surface area (Å²) < 4.78 is 18.8. The number of carbonyl (C=O) groups is 1. The molecule has 1 heterocycles. The van der Waals surface area contributed by atoms with E-state index in [1.165, 1.54) is 35.0 Å². The number of nitrogens with one attached hydrogen (secondary N) is 1. The minimum absolute atomic E-state index is 0.354. The van der Waals surface area contributed by atoms with Gasteiger partial charge >= 0.3 is 0 Å². The van der Waals surface area contributed by atoms with E-state index in [1.54, 1.807) is 6.92 Å². The minimum atomic E-state index is -0.745. The molecule has 0 radical (unpaired) electrons. The Morgan fingerprint density at radius 3 is 3.00 bits per heavy atom. The van der Waals surface area contributed by atoms with Crippen LogP contribution in [-0.2, 0) is 4.79 Å². The minimum Gasteiger partial charge on any atom is -0.480 e. The van der Waals surface area contributed by atoms with E-state index in [-0.39, 0.29) is 11.7 Å². The van der Waals surface area contributed by atoms with Gasteiger partial charge in [-0.25, -0.2) is 4.39 Å². The van der Waals surface area contributed by atoms with Crippen LogP contribution in [0.1, 0.15) is 6.92 Å². The first-order valence-electron chi connectivity index (χ1n) is 5.25. The maximum atomic E-state index is 12.9. The number of rotatable bonds is 4. The van der Waals surface area contributed by atoms with E-state index < -0.39 is 6.10 Å². The van der Waals surface area contributed by atoms with Gasteiger partial charge in [-0.05, 0) is 41.1 Å². The van der Waals surface area contributed by atoms with Gasteiger partial charge in [-0.1, -0.05) is 11.3 Å². The fourth-order valence-electron chi connectivity index (χ4n) is 1.25. The molecule has 0 fully saturated rings. The highest BCUT2D eigenvalue weighted by molar-refractivity contribution is 9.10. The van der Waals surface area contributed by atoms with Crippen molar-refractivity contribution in [3.05, 3.63) is 34.0 Å². The Hall–Kier alpha value is -1.54. The zero-order valence-electron chi connectivity index (χ0n) is 9.76. The lowest BCUT2D eigenvalue weighted by Gasteiger charge is -2.14.